The quantitative estimate of drug-likeness (QED) is 0.296. The number of rotatable bonds is 19. The third-order valence-corrected chi connectivity index (χ3v) is 4.82. The van der Waals surface area contributed by atoms with Crippen LogP contribution in [0.1, 0.15) is 117 Å². The summed E-state index contributed by atoms with van der Waals surface area (Å²) in [6, 6.07) is 0.290. The first-order valence-corrected chi connectivity index (χ1v) is 10.7. The molecule has 1 atom stereocenters. The van der Waals surface area contributed by atoms with Crippen LogP contribution in [0.25, 0.3) is 0 Å². The lowest BCUT2D eigenvalue weighted by molar-refractivity contribution is -0.118. The van der Waals surface area contributed by atoms with Crippen molar-refractivity contribution < 1.29 is 4.79 Å². The molecule has 3 heteroatoms. The predicted molar refractivity (Wildman–Crippen MR) is 106 cm³/mol. The van der Waals surface area contributed by atoms with Gasteiger partial charge in [0.05, 0.1) is 0 Å². The van der Waals surface area contributed by atoms with E-state index in [1.54, 1.807) is 0 Å². The summed E-state index contributed by atoms with van der Waals surface area (Å²) in [5, 5.41) is 3.52. The summed E-state index contributed by atoms with van der Waals surface area (Å²) < 4.78 is 0. The van der Waals surface area contributed by atoms with Gasteiger partial charge in [0.15, 0.2) is 0 Å². The number of nitrogens with two attached hydrogens (primary N) is 1. The molecule has 0 aliphatic rings. The first kappa shape index (κ1) is 23.4. The average molecular weight is 341 g/mol. The first-order valence-electron chi connectivity index (χ1n) is 10.7. The molecule has 0 rings (SSSR count). The van der Waals surface area contributed by atoms with Gasteiger partial charge in [0.25, 0.3) is 0 Å². The fraction of sp³-hybridized carbons (Fsp3) is 0.952. The minimum absolute atomic E-state index is 0.175. The summed E-state index contributed by atoms with van der Waals surface area (Å²) in [7, 11) is 0. The van der Waals surface area contributed by atoms with E-state index in [-0.39, 0.29) is 11.9 Å². The van der Waals surface area contributed by atoms with E-state index in [2.05, 4.69) is 19.2 Å². The zero-order chi connectivity index (χ0) is 17.9. The molecule has 0 aromatic rings. The van der Waals surface area contributed by atoms with Crippen molar-refractivity contribution in [2.45, 2.75) is 123 Å². The molecule has 0 aliphatic carbocycles. The topological polar surface area (TPSA) is 55.1 Å². The minimum atomic E-state index is -0.175. The number of hydrogen-bond donors (Lipinski definition) is 2. The molecule has 3 nitrogen and oxygen atoms in total. The van der Waals surface area contributed by atoms with Crippen molar-refractivity contribution in [3.05, 3.63) is 0 Å². The predicted octanol–water partition coefficient (Wildman–Crippen LogP) is 5.71. The molecule has 0 heterocycles. The van der Waals surface area contributed by atoms with Crippen molar-refractivity contribution in [2.75, 3.05) is 6.54 Å². The van der Waals surface area contributed by atoms with E-state index < -0.39 is 0 Å². The summed E-state index contributed by atoms with van der Waals surface area (Å²) in [6.07, 6.45) is 20.3. The second kappa shape index (κ2) is 18.8. The van der Waals surface area contributed by atoms with E-state index in [4.69, 9.17) is 5.73 Å². The maximum absolute atomic E-state index is 11.2. The standard InChI is InChI=1S/C21H44N2O/c1-3-5-7-8-9-10-11-12-13-14-15-17-20(19-21(22)24)23-18-16-6-4-2/h20,23H,3-19H2,1-2H3,(H2,22,24)/t20-/m0/s1. The lowest BCUT2D eigenvalue weighted by atomic mass is 10.0. The third-order valence-electron chi connectivity index (χ3n) is 4.82. The van der Waals surface area contributed by atoms with Gasteiger partial charge in [-0.1, -0.05) is 97.3 Å². The second-order valence-electron chi connectivity index (χ2n) is 7.35. The van der Waals surface area contributed by atoms with Gasteiger partial charge in [-0.05, 0) is 19.4 Å². The maximum Gasteiger partial charge on any atom is 0.218 e. The van der Waals surface area contributed by atoms with Gasteiger partial charge < -0.3 is 11.1 Å². The fourth-order valence-electron chi connectivity index (χ4n) is 3.26. The van der Waals surface area contributed by atoms with Crippen LogP contribution in [0.4, 0.5) is 0 Å². The van der Waals surface area contributed by atoms with E-state index >= 15 is 0 Å². The molecule has 0 bridgehead atoms. The SMILES string of the molecule is CCCCCCCCCCCCC[C@@H](CC(N)=O)NCCCCC. The molecule has 0 fully saturated rings. The molecule has 0 aromatic heterocycles. The average Bonchev–Trinajstić information content (AvgIpc) is 2.55. The number of unbranched alkanes of at least 4 members (excludes halogenated alkanes) is 12. The Labute approximate surface area is 151 Å². The van der Waals surface area contributed by atoms with Gasteiger partial charge in [-0.2, -0.15) is 0 Å². The molecule has 1 amide bonds. The zero-order valence-corrected chi connectivity index (χ0v) is 16.6. The highest BCUT2D eigenvalue weighted by Gasteiger charge is 2.10. The minimum Gasteiger partial charge on any atom is -0.370 e. The van der Waals surface area contributed by atoms with Crippen molar-refractivity contribution in [2.24, 2.45) is 5.73 Å². The zero-order valence-electron chi connectivity index (χ0n) is 16.6. The maximum atomic E-state index is 11.2. The smallest absolute Gasteiger partial charge is 0.218 e. The highest BCUT2D eigenvalue weighted by molar-refractivity contribution is 5.74. The fourth-order valence-corrected chi connectivity index (χ4v) is 3.26. The van der Waals surface area contributed by atoms with E-state index in [0.717, 1.165) is 13.0 Å². The third kappa shape index (κ3) is 17.8. The van der Waals surface area contributed by atoms with Crippen LogP contribution in [0, 0.1) is 0 Å². The van der Waals surface area contributed by atoms with Crippen molar-refractivity contribution in [3.63, 3.8) is 0 Å². The van der Waals surface area contributed by atoms with Crippen LogP contribution >= 0.6 is 0 Å². The Morgan fingerprint density at radius 1 is 0.750 bits per heavy atom. The van der Waals surface area contributed by atoms with Gasteiger partial charge in [-0.25, -0.2) is 0 Å². The van der Waals surface area contributed by atoms with Crippen molar-refractivity contribution in [3.8, 4) is 0 Å². The van der Waals surface area contributed by atoms with Gasteiger partial charge in [0.1, 0.15) is 0 Å². The molecule has 0 spiro atoms. The Bertz CT molecular complexity index is 269. The van der Waals surface area contributed by atoms with Crippen molar-refractivity contribution in [1.29, 1.82) is 0 Å². The number of carbonyl (C=O) groups excluding carboxylic acids is 1. The lowest BCUT2D eigenvalue weighted by Gasteiger charge is -2.17. The Balaban J connectivity index is 3.49. The molecule has 0 aromatic carbocycles. The molecule has 0 aliphatic heterocycles. The number of nitrogens with one attached hydrogen (secondary N) is 1. The van der Waals surface area contributed by atoms with Crippen LogP contribution in [-0.4, -0.2) is 18.5 Å². The van der Waals surface area contributed by atoms with Crippen molar-refractivity contribution in [1.82, 2.24) is 5.32 Å². The Kier molecular flexibility index (Phi) is 18.3. The van der Waals surface area contributed by atoms with Crippen LogP contribution in [0.5, 0.6) is 0 Å². The van der Waals surface area contributed by atoms with Gasteiger partial charge in [0, 0.05) is 12.5 Å². The van der Waals surface area contributed by atoms with Crippen molar-refractivity contribution >= 4 is 5.91 Å². The van der Waals surface area contributed by atoms with Gasteiger partial charge in [-0.15, -0.1) is 0 Å². The van der Waals surface area contributed by atoms with E-state index in [1.807, 2.05) is 0 Å². The molecule has 0 saturated heterocycles. The van der Waals surface area contributed by atoms with Gasteiger partial charge in [0.2, 0.25) is 5.91 Å². The van der Waals surface area contributed by atoms with Crippen LogP contribution in [0.3, 0.4) is 0 Å². The number of carbonyl (C=O) groups is 1. The van der Waals surface area contributed by atoms with Crippen LogP contribution in [0.2, 0.25) is 0 Å². The van der Waals surface area contributed by atoms with Gasteiger partial charge in [-0.3, -0.25) is 4.79 Å². The summed E-state index contributed by atoms with van der Waals surface area (Å²) in [5.74, 6) is -0.175. The van der Waals surface area contributed by atoms with Crippen LogP contribution in [-0.2, 0) is 4.79 Å². The molecule has 0 radical (unpaired) electrons. The molecular formula is C21H44N2O. The van der Waals surface area contributed by atoms with E-state index in [1.165, 1.54) is 89.9 Å². The largest absolute Gasteiger partial charge is 0.370 e. The Morgan fingerprint density at radius 2 is 1.21 bits per heavy atom. The first-order chi connectivity index (χ1) is 11.7. The number of amides is 1. The highest BCUT2D eigenvalue weighted by atomic mass is 16.1. The summed E-state index contributed by atoms with van der Waals surface area (Å²) in [5.41, 5.74) is 5.37. The Hall–Kier alpha value is -0.570. The van der Waals surface area contributed by atoms with Crippen LogP contribution < -0.4 is 11.1 Å². The monoisotopic (exact) mass is 340 g/mol. The summed E-state index contributed by atoms with van der Waals surface area (Å²) in [6.45, 7) is 5.50. The molecule has 24 heavy (non-hydrogen) atoms. The summed E-state index contributed by atoms with van der Waals surface area (Å²) in [4.78, 5) is 11.2. The Morgan fingerprint density at radius 3 is 1.71 bits per heavy atom. The lowest BCUT2D eigenvalue weighted by Crippen LogP contribution is -2.34. The molecule has 3 N–H and O–H groups in total. The van der Waals surface area contributed by atoms with E-state index in [0.29, 0.717) is 6.42 Å². The number of primary amides is 1. The van der Waals surface area contributed by atoms with Crippen LogP contribution in [0.15, 0.2) is 0 Å². The van der Waals surface area contributed by atoms with Gasteiger partial charge >= 0.3 is 0 Å². The normalized spacial score (nSPS) is 12.4. The molecule has 0 unspecified atom stereocenters. The molecule has 0 saturated carbocycles. The van der Waals surface area contributed by atoms with E-state index in [9.17, 15) is 4.79 Å². The molecular weight excluding hydrogens is 296 g/mol. The highest BCUT2D eigenvalue weighted by Crippen LogP contribution is 2.13. The summed E-state index contributed by atoms with van der Waals surface area (Å²) >= 11 is 0. The molecule has 144 valence electrons. The number of hydrogen-bond acceptors (Lipinski definition) is 2. The second-order valence-corrected chi connectivity index (χ2v) is 7.35.